The average molecular weight is 291 g/mol. The van der Waals surface area contributed by atoms with E-state index in [2.05, 4.69) is 0 Å². The molecule has 1 N–H and O–H groups in total. The van der Waals surface area contributed by atoms with E-state index in [1.165, 1.54) is 0 Å². The summed E-state index contributed by atoms with van der Waals surface area (Å²) in [6, 6.07) is 4.95. The Balaban J connectivity index is 2.26. The van der Waals surface area contributed by atoms with Crippen LogP contribution < -0.4 is 4.90 Å². The van der Waals surface area contributed by atoms with Crippen molar-refractivity contribution >= 4 is 17.6 Å². The summed E-state index contributed by atoms with van der Waals surface area (Å²) in [5.74, 6) is -0.937. The number of carboxylic acids is 1. The number of amides is 1. The second-order valence-electron chi connectivity index (χ2n) is 5.94. The Bertz CT molecular complexity index is 565. The van der Waals surface area contributed by atoms with Gasteiger partial charge in [0.2, 0.25) is 5.91 Å². The summed E-state index contributed by atoms with van der Waals surface area (Å²) >= 11 is 0. The third kappa shape index (κ3) is 3.42. The van der Waals surface area contributed by atoms with Gasteiger partial charge in [0.05, 0.1) is 17.6 Å². The number of aromatic carboxylic acids is 1. The molecular weight excluding hydrogens is 270 g/mol. The molecule has 0 unspecified atom stereocenters. The predicted molar refractivity (Wildman–Crippen MR) is 79.8 cm³/mol. The fourth-order valence-corrected chi connectivity index (χ4v) is 2.52. The molecule has 114 valence electrons. The predicted octanol–water partition coefficient (Wildman–Crippen LogP) is 2.48. The number of aryl methyl sites for hydroxylation is 1. The van der Waals surface area contributed by atoms with Crippen LogP contribution in [0, 0.1) is 0 Å². The highest BCUT2D eigenvalue weighted by molar-refractivity contribution is 5.96. The smallest absolute Gasteiger partial charge is 0.335 e. The number of hydrogen-bond acceptors (Lipinski definition) is 3. The zero-order chi connectivity index (χ0) is 15.6. The molecule has 0 radical (unpaired) electrons. The molecule has 0 aromatic heterocycles. The molecule has 1 amide bonds. The van der Waals surface area contributed by atoms with Crippen LogP contribution in [0.5, 0.6) is 0 Å². The molecule has 1 heterocycles. The Labute approximate surface area is 124 Å². The van der Waals surface area contributed by atoms with Crippen LogP contribution in [0.4, 0.5) is 5.69 Å². The van der Waals surface area contributed by atoms with Gasteiger partial charge >= 0.3 is 5.97 Å². The molecule has 0 atom stereocenters. The van der Waals surface area contributed by atoms with E-state index in [0.717, 1.165) is 24.1 Å². The summed E-state index contributed by atoms with van der Waals surface area (Å²) < 4.78 is 5.31. The number of carbonyl (C=O) groups is 2. The number of hydrogen-bond donors (Lipinski definition) is 1. The van der Waals surface area contributed by atoms with Crippen LogP contribution in [0.25, 0.3) is 0 Å². The fraction of sp³-hybridized carbons (Fsp3) is 0.500. The number of carboxylic acid groups (broad SMARTS) is 1. The van der Waals surface area contributed by atoms with E-state index in [1.807, 2.05) is 13.8 Å². The third-order valence-electron chi connectivity index (χ3n) is 3.88. The van der Waals surface area contributed by atoms with E-state index in [9.17, 15) is 9.59 Å². The first kappa shape index (κ1) is 15.5. The zero-order valence-corrected chi connectivity index (χ0v) is 12.7. The van der Waals surface area contributed by atoms with Crippen LogP contribution in [0.1, 0.15) is 42.6 Å². The number of fused-ring (bicyclic) bond motifs is 1. The molecule has 0 spiro atoms. The molecule has 5 nitrogen and oxygen atoms in total. The Morgan fingerprint density at radius 2 is 2.10 bits per heavy atom. The van der Waals surface area contributed by atoms with Gasteiger partial charge in [-0.15, -0.1) is 0 Å². The Kier molecular flexibility index (Phi) is 4.32. The van der Waals surface area contributed by atoms with Crippen molar-refractivity contribution in [2.24, 2.45) is 0 Å². The number of ether oxygens (including phenoxy) is 1. The topological polar surface area (TPSA) is 66.8 Å². The van der Waals surface area contributed by atoms with Gasteiger partial charge in [-0.25, -0.2) is 4.79 Å². The standard InChI is InChI=1S/C16H21NO4/c1-16(2,21-3)10-14(18)17-8-4-5-11-9-12(15(19)20)6-7-13(11)17/h6-7,9H,4-5,8,10H2,1-3H3,(H,19,20). The monoisotopic (exact) mass is 291 g/mol. The second-order valence-corrected chi connectivity index (χ2v) is 5.94. The average Bonchev–Trinajstić information content (AvgIpc) is 2.45. The molecular formula is C16H21NO4. The third-order valence-corrected chi connectivity index (χ3v) is 3.88. The second kappa shape index (κ2) is 5.85. The largest absolute Gasteiger partial charge is 0.478 e. The van der Waals surface area contributed by atoms with Gasteiger partial charge in [-0.1, -0.05) is 0 Å². The Hall–Kier alpha value is -1.88. The highest BCUT2D eigenvalue weighted by atomic mass is 16.5. The van der Waals surface area contributed by atoms with Crippen LogP contribution in [0.2, 0.25) is 0 Å². The van der Waals surface area contributed by atoms with Gasteiger partial charge in [-0.05, 0) is 50.5 Å². The molecule has 0 bridgehead atoms. The van der Waals surface area contributed by atoms with E-state index in [-0.39, 0.29) is 11.5 Å². The maximum absolute atomic E-state index is 12.5. The maximum atomic E-state index is 12.5. The number of carbonyl (C=O) groups excluding carboxylic acids is 1. The summed E-state index contributed by atoms with van der Waals surface area (Å²) in [6.07, 6.45) is 1.94. The number of rotatable bonds is 4. The highest BCUT2D eigenvalue weighted by Crippen LogP contribution is 2.30. The zero-order valence-electron chi connectivity index (χ0n) is 12.7. The SMILES string of the molecule is COC(C)(C)CC(=O)N1CCCc2cc(C(=O)O)ccc21. The van der Waals surface area contributed by atoms with Crippen LogP contribution in [-0.4, -0.2) is 36.2 Å². The molecule has 0 aliphatic carbocycles. The summed E-state index contributed by atoms with van der Waals surface area (Å²) in [5.41, 5.74) is 1.50. The number of nitrogens with zero attached hydrogens (tertiary/aromatic N) is 1. The van der Waals surface area contributed by atoms with E-state index in [0.29, 0.717) is 13.0 Å². The van der Waals surface area contributed by atoms with Crippen LogP contribution in [-0.2, 0) is 16.0 Å². The van der Waals surface area contributed by atoms with Crippen molar-refractivity contribution in [2.45, 2.75) is 38.7 Å². The minimum absolute atomic E-state index is 0.00544. The number of anilines is 1. The molecule has 1 aromatic carbocycles. The van der Waals surface area contributed by atoms with Crippen molar-refractivity contribution in [3.63, 3.8) is 0 Å². The van der Waals surface area contributed by atoms with Crippen LogP contribution in [0.15, 0.2) is 18.2 Å². The molecule has 1 aliphatic heterocycles. The van der Waals surface area contributed by atoms with Gasteiger partial charge in [-0.2, -0.15) is 0 Å². The van der Waals surface area contributed by atoms with Crippen molar-refractivity contribution in [2.75, 3.05) is 18.6 Å². The lowest BCUT2D eigenvalue weighted by atomic mass is 9.97. The fourth-order valence-electron chi connectivity index (χ4n) is 2.52. The molecule has 1 aromatic rings. The van der Waals surface area contributed by atoms with Gasteiger partial charge in [0, 0.05) is 19.3 Å². The van der Waals surface area contributed by atoms with Gasteiger partial charge < -0.3 is 14.7 Å². The summed E-state index contributed by atoms with van der Waals surface area (Å²) in [5, 5.41) is 9.05. The van der Waals surface area contributed by atoms with Crippen molar-refractivity contribution < 1.29 is 19.4 Å². The van der Waals surface area contributed by atoms with E-state index >= 15 is 0 Å². The molecule has 0 saturated heterocycles. The van der Waals surface area contributed by atoms with Gasteiger partial charge in [0.1, 0.15) is 0 Å². The highest BCUT2D eigenvalue weighted by Gasteiger charge is 2.28. The van der Waals surface area contributed by atoms with Crippen molar-refractivity contribution in [1.82, 2.24) is 0 Å². The Morgan fingerprint density at radius 1 is 1.38 bits per heavy atom. The lowest BCUT2D eigenvalue weighted by Gasteiger charge is -2.32. The first-order chi connectivity index (χ1) is 9.84. The quantitative estimate of drug-likeness (QED) is 0.925. The van der Waals surface area contributed by atoms with Gasteiger partial charge in [-0.3, -0.25) is 4.79 Å². The number of benzene rings is 1. The van der Waals surface area contributed by atoms with Gasteiger partial charge in [0.25, 0.3) is 0 Å². The lowest BCUT2D eigenvalue weighted by Crippen LogP contribution is -2.40. The van der Waals surface area contributed by atoms with Crippen molar-refractivity contribution in [3.8, 4) is 0 Å². The molecule has 0 fully saturated rings. The lowest BCUT2D eigenvalue weighted by molar-refractivity contribution is -0.123. The first-order valence-corrected chi connectivity index (χ1v) is 7.06. The normalized spacial score (nSPS) is 14.7. The van der Waals surface area contributed by atoms with E-state index in [1.54, 1.807) is 30.2 Å². The first-order valence-electron chi connectivity index (χ1n) is 7.06. The molecule has 0 saturated carbocycles. The molecule has 5 heteroatoms. The molecule has 2 rings (SSSR count). The molecule has 1 aliphatic rings. The molecule has 21 heavy (non-hydrogen) atoms. The number of methoxy groups -OCH3 is 1. The minimum Gasteiger partial charge on any atom is -0.478 e. The van der Waals surface area contributed by atoms with E-state index < -0.39 is 11.6 Å². The maximum Gasteiger partial charge on any atom is 0.335 e. The summed E-state index contributed by atoms with van der Waals surface area (Å²) in [4.78, 5) is 25.3. The van der Waals surface area contributed by atoms with Crippen molar-refractivity contribution in [3.05, 3.63) is 29.3 Å². The minimum atomic E-state index is -0.943. The van der Waals surface area contributed by atoms with Crippen LogP contribution in [0.3, 0.4) is 0 Å². The van der Waals surface area contributed by atoms with Crippen molar-refractivity contribution in [1.29, 1.82) is 0 Å². The summed E-state index contributed by atoms with van der Waals surface area (Å²) in [6.45, 7) is 4.42. The Morgan fingerprint density at radius 3 is 2.71 bits per heavy atom. The van der Waals surface area contributed by atoms with Crippen LogP contribution >= 0.6 is 0 Å². The summed E-state index contributed by atoms with van der Waals surface area (Å²) in [7, 11) is 1.59. The van der Waals surface area contributed by atoms with Gasteiger partial charge in [0.15, 0.2) is 0 Å². The van der Waals surface area contributed by atoms with E-state index in [4.69, 9.17) is 9.84 Å².